The van der Waals surface area contributed by atoms with Crippen molar-refractivity contribution in [2.24, 2.45) is 0 Å². The van der Waals surface area contributed by atoms with Crippen molar-refractivity contribution in [3.8, 4) is 0 Å². The highest BCUT2D eigenvalue weighted by molar-refractivity contribution is 6.12. The van der Waals surface area contributed by atoms with Gasteiger partial charge >= 0.3 is 5.97 Å². The molecule has 0 aliphatic rings. The van der Waals surface area contributed by atoms with Gasteiger partial charge in [-0.25, -0.2) is 0 Å². The second kappa shape index (κ2) is 5.82. The van der Waals surface area contributed by atoms with Crippen LogP contribution >= 0.6 is 0 Å². The molecule has 0 bridgehead atoms. The minimum Gasteiger partial charge on any atom is -0.480 e. The van der Waals surface area contributed by atoms with Gasteiger partial charge in [-0.1, -0.05) is 42.5 Å². The Morgan fingerprint density at radius 1 is 0.947 bits per heavy atom. The van der Waals surface area contributed by atoms with Crippen molar-refractivity contribution in [2.45, 2.75) is 0 Å². The average Bonchev–Trinajstić information content (AvgIpc) is 2.45. The van der Waals surface area contributed by atoms with E-state index in [2.05, 4.69) is 5.32 Å². The van der Waals surface area contributed by atoms with E-state index >= 15 is 0 Å². The Balaban J connectivity index is 2.29. The Morgan fingerprint density at radius 2 is 1.58 bits per heavy atom. The molecule has 0 heterocycles. The zero-order valence-electron chi connectivity index (χ0n) is 10.2. The average molecular weight is 255 g/mol. The molecule has 2 aromatic rings. The lowest BCUT2D eigenvalue weighted by atomic mass is 10.0. The number of benzene rings is 2. The summed E-state index contributed by atoms with van der Waals surface area (Å²) in [5.41, 5.74) is 1.57. The number of hydrogen-bond acceptors (Lipinski definition) is 3. The van der Waals surface area contributed by atoms with Gasteiger partial charge in [0.2, 0.25) is 0 Å². The fourth-order valence-corrected chi connectivity index (χ4v) is 1.75. The molecule has 0 spiro atoms. The summed E-state index contributed by atoms with van der Waals surface area (Å²) in [4.78, 5) is 22.9. The first-order valence-corrected chi connectivity index (χ1v) is 5.83. The van der Waals surface area contributed by atoms with E-state index in [1.165, 1.54) is 0 Å². The van der Waals surface area contributed by atoms with Crippen LogP contribution in [0.1, 0.15) is 15.9 Å². The first-order chi connectivity index (χ1) is 9.18. The van der Waals surface area contributed by atoms with Gasteiger partial charge in [-0.3, -0.25) is 9.59 Å². The van der Waals surface area contributed by atoms with E-state index < -0.39 is 5.97 Å². The lowest BCUT2D eigenvalue weighted by molar-refractivity contribution is -0.134. The summed E-state index contributed by atoms with van der Waals surface area (Å²) < 4.78 is 0. The first-order valence-electron chi connectivity index (χ1n) is 5.83. The van der Waals surface area contributed by atoms with Crippen LogP contribution < -0.4 is 5.32 Å². The Bertz CT molecular complexity index is 593. The zero-order valence-corrected chi connectivity index (χ0v) is 10.2. The summed E-state index contributed by atoms with van der Waals surface area (Å²) in [7, 11) is 0. The number of nitrogens with one attached hydrogen (secondary N) is 1. The second-order valence-corrected chi connectivity index (χ2v) is 3.99. The van der Waals surface area contributed by atoms with Crippen LogP contribution in [0, 0.1) is 0 Å². The summed E-state index contributed by atoms with van der Waals surface area (Å²) in [6.07, 6.45) is 0. The molecular weight excluding hydrogens is 242 g/mol. The number of rotatable bonds is 5. The van der Waals surface area contributed by atoms with Crippen LogP contribution in [-0.2, 0) is 4.79 Å². The fraction of sp³-hybridized carbons (Fsp3) is 0.0667. The van der Waals surface area contributed by atoms with Crippen molar-refractivity contribution in [3.63, 3.8) is 0 Å². The lowest BCUT2D eigenvalue weighted by Crippen LogP contribution is -2.15. The van der Waals surface area contributed by atoms with E-state index in [1.807, 2.05) is 6.07 Å². The SMILES string of the molecule is O=C(O)CNc1ccccc1C(=O)c1ccccc1. The normalized spacial score (nSPS) is 9.89. The number of carbonyl (C=O) groups excluding carboxylic acids is 1. The molecule has 0 aliphatic carbocycles. The Morgan fingerprint density at radius 3 is 2.26 bits per heavy atom. The van der Waals surface area contributed by atoms with Crippen LogP contribution in [0.4, 0.5) is 5.69 Å². The number of ketones is 1. The maximum absolute atomic E-state index is 12.3. The predicted molar refractivity (Wildman–Crippen MR) is 72.4 cm³/mol. The van der Waals surface area contributed by atoms with Crippen molar-refractivity contribution in [1.29, 1.82) is 0 Å². The highest BCUT2D eigenvalue weighted by Gasteiger charge is 2.13. The van der Waals surface area contributed by atoms with Gasteiger partial charge in [-0.2, -0.15) is 0 Å². The third kappa shape index (κ3) is 3.19. The summed E-state index contributed by atoms with van der Waals surface area (Å²) in [6.45, 7) is -0.223. The monoisotopic (exact) mass is 255 g/mol. The Kier molecular flexibility index (Phi) is 3.93. The molecule has 0 unspecified atom stereocenters. The van der Waals surface area contributed by atoms with Gasteiger partial charge in [0, 0.05) is 16.8 Å². The highest BCUT2D eigenvalue weighted by Crippen LogP contribution is 2.18. The van der Waals surface area contributed by atoms with Crippen LogP contribution in [-0.4, -0.2) is 23.4 Å². The van der Waals surface area contributed by atoms with E-state index in [1.54, 1.807) is 48.5 Å². The molecule has 4 heteroatoms. The van der Waals surface area contributed by atoms with Crippen LogP contribution in [0.3, 0.4) is 0 Å². The van der Waals surface area contributed by atoms with Crippen molar-refractivity contribution < 1.29 is 14.7 Å². The van der Waals surface area contributed by atoms with Gasteiger partial charge in [0.1, 0.15) is 6.54 Å². The van der Waals surface area contributed by atoms with Crippen LogP contribution in [0.5, 0.6) is 0 Å². The van der Waals surface area contributed by atoms with E-state index in [9.17, 15) is 9.59 Å². The third-order valence-corrected chi connectivity index (χ3v) is 2.64. The van der Waals surface area contributed by atoms with Gasteiger partial charge in [0.05, 0.1) is 0 Å². The summed E-state index contributed by atoms with van der Waals surface area (Å²) in [6, 6.07) is 15.8. The second-order valence-electron chi connectivity index (χ2n) is 3.99. The molecule has 0 saturated heterocycles. The summed E-state index contributed by atoms with van der Waals surface area (Å²) in [5.74, 6) is -1.10. The molecule has 0 fully saturated rings. The van der Waals surface area contributed by atoms with Crippen molar-refractivity contribution in [3.05, 3.63) is 65.7 Å². The quantitative estimate of drug-likeness (QED) is 0.805. The van der Waals surface area contributed by atoms with Gasteiger partial charge in [-0.15, -0.1) is 0 Å². The Hall–Kier alpha value is -2.62. The van der Waals surface area contributed by atoms with E-state index in [0.717, 1.165) is 0 Å². The fourth-order valence-electron chi connectivity index (χ4n) is 1.75. The molecule has 19 heavy (non-hydrogen) atoms. The largest absolute Gasteiger partial charge is 0.480 e. The molecule has 4 nitrogen and oxygen atoms in total. The molecule has 0 aliphatic heterocycles. The molecular formula is C15H13NO3. The third-order valence-electron chi connectivity index (χ3n) is 2.64. The smallest absolute Gasteiger partial charge is 0.322 e. The molecule has 96 valence electrons. The van der Waals surface area contributed by atoms with Gasteiger partial charge < -0.3 is 10.4 Å². The van der Waals surface area contributed by atoms with Crippen LogP contribution in [0.15, 0.2) is 54.6 Å². The van der Waals surface area contributed by atoms with E-state index in [0.29, 0.717) is 16.8 Å². The minimum absolute atomic E-state index is 0.130. The molecule has 2 N–H and O–H groups in total. The standard InChI is InChI=1S/C15H13NO3/c17-14(18)10-16-13-9-5-4-8-12(13)15(19)11-6-2-1-3-7-11/h1-9,16H,10H2,(H,17,18). The molecule has 0 amide bonds. The number of carboxylic acid groups (broad SMARTS) is 1. The lowest BCUT2D eigenvalue weighted by Gasteiger charge is -2.09. The van der Waals surface area contributed by atoms with Crippen LogP contribution in [0.25, 0.3) is 0 Å². The summed E-state index contributed by atoms with van der Waals surface area (Å²) in [5, 5.41) is 11.4. The molecule has 0 aromatic heterocycles. The highest BCUT2D eigenvalue weighted by atomic mass is 16.4. The van der Waals surface area contributed by atoms with Gasteiger partial charge in [0.15, 0.2) is 5.78 Å². The van der Waals surface area contributed by atoms with Crippen molar-refractivity contribution in [1.82, 2.24) is 0 Å². The molecule has 0 atom stereocenters. The summed E-state index contributed by atoms with van der Waals surface area (Å²) >= 11 is 0. The number of carboxylic acids is 1. The van der Waals surface area contributed by atoms with Crippen molar-refractivity contribution in [2.75, 3.05) is 11.9 Å². The van der Waals surface area contributed by atoms with Crippen LogP contribution in [0.2, 0.25) is 0 Å². The topological polar surface area (TPSA) is 66.4 Å². The Labute approximate surface area is 110 Å². The number of aliphatic carboxylic acids is 1. The maximum atomic E-state index is 12.3. The molecule has 2 rings (SSSR count). The predicted octanol–water partition coefficient (Wildman–Crippen LogP) is 2.41. The molecule has 2 aromatic carbocycles. The van der Waals surface area contributed by atoms with E-state index in [-0.39, 0.29) is 12.3 Å². The molecule has 0 radical (unpaired) electrons. The number of anilines is 1. The maximum Gasteiger partial charge on any atom is 0.322 e. The molecule has 0 saturated carbocycles. The minimum atomic E-state index is -0.970. The number of carbonyl (C=O) groups is 2. The van der Waals surface area contributed by atoms with E-state index in [4.69, 9.17) is 5.11 Å². The van der Waals surface area contributed by atoms with Gasteiger partial charge in [0.25, 0.3) is 0 Å². The zero-order chi connectivity index (χ0) is 13.7. The first kappa shape index (κ1) is 12.8. The van der Waals surface area contributed by atoms with Crippen molar-refractivity contribution >= 4 is 17.4 Å². The number of para-hydroxylation sites is 1. The number of hydrogen-bond donors (Lipinski definition) is 2. The van der Waals surface area contributed by atoms with Gasteiger partial charge in [-0.05, 0) is 12.1 Å².